The van der Waals surface area contributed by atoms with Gasteiger partial charge in [-0.1, -0.05) is 6.07 Å². The molecule has 1 amide bonds. The number of rotatable bonds is 5. The number of carbonyl (C=O) groups is 1. The smallest absolute Gasteiger partial charge is 0.255 e. The molecule has 3 rings (SSSR count). The van der Waals surface area contributed by atoms with E-state index in [-0.39, 0.29) is 5.91 Å². The van der Waals surface area contributed by atoms with E-state index in [4.69, 9.17) is 4.74 Å². The van der Waals surface area contributed by atoms with Crippen molar-refractivity contribution in [1.29, 1.82) is 0 Å². The van der Waals surface area contributed by atoms with Crippen LogP contribution in [-0.2, 0) is 0 Å². The van der Waals surface area contributed by atoms with Gasteiger partial charge in [-0.3, -0.25) is 4.79 Å². The highest BCUT2D eigenvalue weighted by molar-refractivity contribution is 6.04. The second-order valence-corrected chi connectivity index (χ2v) is 6.32. The molecule has 1 aliphatic heterocycles. The number of nitrogens with one attached hydrogen (secondary N) is 2. The van der Waals surface area contributed by atoms with Crippen molar-refractivity contribution in [2.75, 3.05) is 50.1 Å². The SMILES string of the molecule is CC[NH+]1CCN(c2ccc(NC(=O)c3cccc(OC)c3)cc2)CC1. The number of ether oxygens (including phenoxy) is 1. The van der Waals surface area contributed by atoms with E-state index < -0.39 is 0 Å². The van der Waals surface area contributed by atoms with Crippen LogP contribution in [0.4, 0.5) is 11.4 Å². The van der Waals surface area contributed by atoms with Gasteiger partial charge >= 0.3 is 0 Å². The molecule has 0 saturated carbocycles. The average molecular weight is 340 g/mol. The Labute approximate surface area is 149 Å². The molecule has 0 atom stereocenters. The summed E-state index contributed by atoms with van der Waals surface area (Å²) in [4.78, 5) is 16.4. The van der Waals surface area contributed by atoms with Crippen LogP contribution < -0.4 is 19.9 Å². The minimum absolute atomic E-state index is 0.133. The van der Waals surface area contributed by atoms with E-state index in [1.54, 1.807) is 24.1 Å². The molecular formula is C20H26N3O2+. The van der Waals surface area contributed by atoms with E-state index in [1.807, 2.05) is 24.3 Å². The van der Waals surface area contributed by atoms with Crippen LogP contribution >= 0.6 is 0 Å². The van der Waals surface area contributed by atoms with E-state index in [9.17, 15) is 4.79 Å². The van der Waals surface area contributed by atoms with E-state index in [1.165, 1.54) is 25.3 Å². The highest BCUT2D eigenvalue weighted by Gasteiger charge is 2.18. The summed E-state index contributed by atoms with van der Waals surface area (Å²) < 4.78 is 5.17. The molecule has 2 aromatic carbocycles. The van der Waals surface area contributed by atoms with Crippen molar-refractivity contribution in [2.24, 2.45) is 0 Å². The van der Waals surface area contributed by atoms with Crippen LogP contribution in [0.25, 0.3) is 0 Å². The summed E-state index contributed by atoms with van der Waals surface area (Å²) in [5.74, 6) is 0.545. The van der Waals surface area contributed by atoms with Crippen LogP contribution in [0.2, 0.25) is 0 Å². The summed E-state index contributed by atoms with van der Waals surface area (Å²) in [6.45, 7) is 7.97. The molecule has 5 heteroatoms. The van der Waals surface area contributed by atoms with Crippen molar-refractivity contribution in [2.45, 2.75) is 6.92 Å². The standard InChI is InChI=1S/C20H25N3O2/c1-3-22-11-13-23(14-12-22)18-9-7-17(8-10-18)21-20(24)16-5-4-6-19(15-16)25-2/h4-10,15H,3,11-14H2,1-2H3,(H,21,24)/p+1. The lowest BCUT2D eigenvalue weighted by Gasteiger charge is -2.33. The Bertz CT molecular complexity index is 707. The minimum atomic E-state index is -0.133. The van der Waals surface area contributed by atoms with Gasteiger partial charge < -0.3 is 19.9 Å². The van der Waals surface area contributed by atoms with Crippen molar-refractivity contribution in [3.05, 3.63) is 54.1 Å². The number of anilines is 2. The Kier molecular flexibility index (Phi) is 5.56. The predicted molar refractivity (Wildman–Crippen MR) is 101 cm³/mol. The second-order valence-electron chi connectivity index (χ2n) is 6.32. The summed E-state index contributed by atoms with van der Waals surface area (Å²) in [5.41, 5.74) is 2.60. The largest absolute Gasteiger partial charge is 0.497 e. The van der Waals surface area contributed by atoms with E-state index >= 15 is 0 Å². The summed E-state index contributed by atoms with van der Waals surface area (Å²) in [7, 11) is 1.59. The fourth-order valence-electron chi connectivity index (χ4n) is 3.16. The van der Waals surface area contributed by atoms with E-state index in [2.05, 4.69) is 29.3 Å². The first-order valence-corrected chi connectivity index (χ1v) is 8.83. The Morgan fingerprint density at radius 2 is 1.88 bits per heavy atom. The zero-order valence-electron chi connectivity index (χ0n) is 14.9. The molecule has 0 aliphatic carbocycles. The van der Waals surface area contributed by atoms with E-state index in [0.29, 0.717) is 11.3 Å². The van der Waals surface area contributed by atoms with Crippen LogP contribution in [0.5, 0.6) is 5.75 Å². The number of piperazine rings is 1. The number of quaternary nitrogens is 1. The van der Waals surface area contributed by atoms with Gasteiger partial charge in [0.25, 0.3) is 5.91 Å². The first-order chi connectivity index (χ1) is 12.2. The van der Waals surface area contributed by atoms with Crippen LogP contribution in [0, 0.1) is 0 Å². The quantitative estimate of drug-likeness (QED) is 0.870. The van der Waals surface area contributed by atoms with Crippen LogP contribution in [0.15, 0.2) is 48.5 Å². The molecule has 0 radical (unpaired) electrons. The van der Waals surface area contributed by atoms with Gasteiger partial charge in [-0.15, -0.1) is 0 Å². The molecule has 132 valence electrons. The Morgan fingerprint density at radius 1 is 1.16 bits per heavy atom. The third-order valence-corrected chi connectivity index (χ3v) is 4.79. The summed E-state index contributed by atoms with van der Waals surface area (Å²) in [6.07, 6.45) is 0. The number of likely N-dealkylation sites (N-methyl/N-ethyl adjacent to an activating group) is 1. The van der Waals surface area contributed by atoms with Crippen molar-refractivity contribution in [3.63, 3.8) is 0 Å². The van der Waals surface area contributed by atoms with Gasteiger partial charge in [-0.05, 0) is 49.4 Å². The fourth-order valence-corrected chi connectivity index (χ4v) is 3.16. The molecule has 1 fully saturated rings. The molecule has 1 heterocycles. The monoisotopic (exact) mass is 340 g/mol. The van der Waals surface area contributed by atoms with E-state index in [0.717, 1.165) is 18.8 Å². The molecule has 1 aliphatic rings. The highest BCUT2D eigenvalue weighted by atomic mass is 16.5. The lowest BCUT2D eigenvalue weighted by Crippen LogP contribution is -3.14. The molecule has 0 aromatic heterocycles. The van der Waals surface area contributed by atoms with Crippen molar-refractivity contribution >= 4 is 17.3 Å². The number of hydrogen-bond donors (Lipinski definition) is 2. The zero-order valence-corrected chi connectivity index (χ0v) is 14.9. The Morgan fingerprint density at radius 3 is 2.52 bits per heavy atom. The highest BCUT2D eigenvalue weighted by Crippen LogP contribution is 2.19. The Hall–Kier alpha value is -2.53. The molecule has 2 aromatic rings. The van der Waals surface area contributed by atoms with Gasteiger partial charge in [0.15, 0.2) is 0 Å². The topological polar surface area (TPSA) is 46.0 Å². The minimum Gasteiger partial charge on any atom is -0.497 e. The maximum Gasteiger partial charge on any atom is 0.255 e. The van der Waals surface area contributed by atoms with Gasteiger partial charge in [-0.2, -0.15) is 0 Å². The summed E-state index contributed by atoms with van der Waals surface area (Å²) >= 11 is 0. The van der Waals surface area contributed by atoms with Crippen molar-refractivity contribution in [1.82, 2.24) is 0 Å². The third kappa shape index (κ3) is 4.31. The molecule has 1 saturated heterocycles. The maximum absolute atomic E-state index is 12.4. The maximum atomic E-state index is 12.4. The lowest BCUT2D eigenvalue weighted by molar-refractivity contribution is -0.898. The normalized spacial score (nSPS) is 15.0. The fraction of sp³-hybridized carbons (Fsp3) is 0.350. The van der Waals surface area contributed by atoms with Crippen molar-refractivity contribution in [3.8, 4) is 5.75 Å². The number of nitrogens with zero attached hydrogens (tertiary/aromatic N) is 1. The van der Waals surface area contributed by atoms with Gasteiger partial charge in [-0.25, -0.2) is 0 Å². The summed E-state index contributed by atoms with van der Waals surface area (Å²) in [6, 6.07) is 15.2. The number of methoxy groups -OCH3 is 1. The molecule has 2 N–H and O–H groups in total. The number of hydrogen-bond acceptors (Lipinski definition) is 3. The first-order valence-electron chi connectivity index (χ1n) is 8.83. The molecular weight excluding hydrogens is 314 g/mol. The predicted octanol–water partition coefficient (Wildman–Crippen LogP) is 1.67. The van der Waals surface area contributed by atoms with Crippen LogP contribution in [-0.4, -0.2) is 45.7 Å². The second kappa shape index (κ2) is 8.03. The molecule has 0 unspecified atom stereocenters. The van der Waals surface area contributed by atoms with Gasteiger partial charge in [0.1, 0.15) is 5.75 Å². The van der Waals surface area contributed by atoms with Gasteiger partial charge in [0.2, 0.25) is 0 Å². The number of benzene rings is 2. The number of amides is 1. The first kappa shape index (κ1) is 17.3. The molecule has 5 nitrogen and oxygen atoms in total. The summed E-state index contributed by atoms with van der Waals surface area (Å²) in [5, 5.41) is 2.94. The van der Waals surface area contributed by atoms with Gasteiger partial charge in [0, 0.05) is 16.9 Å². The third-order valence-electron chi connectivity index (χ3n) is 4.79. The molecule has 25 heavy (non-hydrogen) atoms. The number of carbonyl (C=O) groups excluding carboxylic acids is 1. The van der Waals surface area contributed by atoms with Crippen LogP contribution in [0.3, 0.4) is 0 Å². The molecule has 0 bridgehead atoms. The van der Waals surface area contributed by atoms with Gasteiger partial charge in [0.05, 0.1) is 39.8 Å². The zero-order chi connectivity index (χ0) is 17.6. The lowest BCUT2D eigenvalue weighted by atomic mass is 10.2. The Balaban J connectivity index is 1.61. The van der Waals surface area contributed by atoms with Crippen molar-refractivity contribution < 1.29 is 14.4 Å². The molecule has 0 spiro atoms. The average Bonchev–Trinajstić information content (AvgIpc) is 2.68. The van der Waals surface area contributed by atoms with Crippen LogP contribution in [0.1, 0.15) is 17.3 Å².